The maximum atomic E-state index is 6.14. The Kier molecular flexibility index (Phi) is 5.08. The molecule has 1 aromatic carbocycles. The van der Waals surface area contributed by atoms with Gasteiger partial charge in [0.2, 0.25) is 0 Å². The molecular weight excluding hydrogens is 290 g/mol. The van der Waals surface area contributed by atoms with Crippen molar-refractivity contribution >= 4 is 22.9 Å². The fourth-order valence-corrected chi connectivity index (χ4v) is 2.66. The molecule has 0 aliphatic heterocycles. The van der Waals surface area contributed by atoms with Crippen LogP contribution in [0.2, 0.25) is 5.02 Å². The van der Waals surface area contributed by atoms with Gasteiger partial charge in [0, 0.05) is 20.8 Å². The number of nitrogens with two attached hydrogens (primary N) is 1. The van der Waals surface area contributed by atoms with E-state index in [-0.39, 0.29) is 0 Å². The molecule has 1 heterocycles. The minimum Gasteiger partial charge on any atom is -0.488 e. The van der Waals surface area contributed by atoms with Gasteiger partial charge in [-0.15, -0.1) is 11.3 Å². The predicted octanol–water partition coefficient (Wildman–Crippen LogP) is 3.91. The van der Waals surface area contributed by atoms with Gasteiger partial charge in [0.25, 0.3) is 0 Å². The van der Waals surface area contributed by atoms with Crippen molar-refractivity contribution in [2.45, 2.75) is 20.5 Å². The molecule has 0 saturated carbocycles. The SMILES string of the molecule is Cc1cc(OCc2cc(C#CCN)cs2)cc(C)c1Cl. The monoisotopic (exact) mass is 305 g/mol. The number of rotatable bonds is 3. The van der Waals surface area contributed by atoms with Crippen LogP contribution in [0.1, 0.15) is 21.6 Å². The Balaban J connectivity index is 2.03. The van der Waals surface area contributed by atoms with E-state index in [2.05, 4.69) is 11.8 Å². The summed E-state index contributed by atoms with van der Waals surface area (Å²) in [5.41, 5.74) is 8.40. The summed E-state index contributed by atoms with van der Waals surface area (Å²) in [5.74, 6) is 6.69. The van der Waals surface area contributed by atoms with E-state index in [1.807, 2.05) is 37.4 Å². The van der Waals surface area contributed by atoms with Gasteiger partial charge < -0.3 is 10.5 Å². The first-order chi connectivity index (χ1) is 9.60. The van der Waals surface area contributed by atoms with Gasteiger partial charge in [-0.25, -0.2) is 0 Å². The Morgan fingerprint density at radius 2 is 1.95 bits per heavy atom. The summed E-state index contributed by atoms with van der Waals surface area (Å²) >= 11 is 7.78. The van der Waals surface area contributed by atoms with Gasteiger partial charge in [0.15, 0.2) is 0 Å². The number of ether oxygens (including phenoxy) is 1. The Morgan fingerprint density at radius 1 is 1.25 bits per heavy atom. The molecule has 104 valence electrons. The molecule has 0 unspecified atom stereocenters. The molecule has 0 saturated heterocycles. The largest absolute Gasteiger partial charge is 0.488 e. The van der Waals surface area contributed by atoms with E-state index in [0.717, 1.165) is 32.3 Å². The van der Waals surface area contributed by atoms with Crippen LogP contribution in [0.3, 0.4) is 0 Å². The Morgan fingerprint density at radius 3 is 2.60 bits per heavy atom. The lowest BCUT2D eigenvalue weighted by molar-refractivity contribution is 0.309. The average Bonchev–Trinajstić information content (AvgIpc) is 2.88. The first-order valence-electron chi connectivity index (χ1n) is 6.26. The van der Waals surface area contributed by atoms with Crippen molar-refractivity contribution in [2.75, 3.05) is 6.54 Å². The molecule has 2 rings (SSSR count). The van der Waals surface area contributed by atoms with E-state index in [0.29, 0.717) is 13.2 Å². The summed E-state index contributed by atoms with van der Waals surface area (Å²) < 4.78 is 5.81. The molecule has 0 fully saturated rings. The molecule has 0 aliphatic carbocycles. The first-order valence-corrected chi connectivity index (χ1v) is 7.52. The fourth-order valence-electron chi connectivity index (χ4n) is 1.82. The lowest BCUT2D eigenvalue weighted by Crippen LogP contribution is -1.94. The maximum Gasteiger partial charge on any atom is 0.122 e. The van der Waals surface area contributed by atoms with Crippen LogP contribution >= 0.6 is 22.9 Å². The van der Waals surface area contributed by atoms with Crippen LogP contribution in [0.5, 0.6) is 5.75 Å². The van der Waals surface area contributed by atoms with Crippen LogP contribution in [0, 0.1) is 25.7 Å². The Bertz CT molecular complexity index is 644. The number of aryl methyl sites for hydroxylation is 2. The highest BCUT2D eigenvalue weighted by Gasteiger charge is 2.05. The molecule has 0 aliphatic rings. The smallest absolute Gasteiger partial charge is 0.122 e. The number of hydrogen-bond acceptors (Lipinski definition) is 3. The van der Waals surface area contributed by atoms with E-state index in [4.69, 9.17) is 22.1 Å². The molecule has 20 heavy (non-hydrogen) atoms. The van der Waals surface area contributed by atoms with E-state index >= 15 is 0 Å². The normalized spacial score (nSPS) is 10.0. The number of thiophene rings is 1. The zero-order chi connectivity index (χ0) is 14.5. The van der Waals surface area contributed by atoms with E-state index < -0.39 is 0 Å². The standard InChI is InChI=1S/C16H16ClNOS/c1-11-6-14(7-12(2)16(11)17)19-9-15-8-13(10-20-15)4-3-5-18/h6-8,10H,5,9,18H2,1-2H3. The van der Waals surface area contributed by atoms with Crippen molar-refractivity contribution in [1.29, 1.82) is 0 Å². The third-order valence-corrected chi connectivity index (χ3v) is 4.29. The summed E-state index contributed by atoms with van der Waals surface area (Å²) in [6.45, 7) is 4.88. The average molecular weight is 306 g/mol. The van der Waals surface area contributed by atoms with Crippen LogP contribution < -0.4 is 10.5 Å². The molecule has 0 bridgehead atoms. The van der Waals surface area contributed by atoms with Crippen LogP contribution in [0.4, 0.5) is 0 Å². The van der Waals surface area contributed by atoms with Crippen molar-refractivity contribution in [3.63, 3.8) is 0 Å². The zero-order valence-corrected chi connectivity index (χ0v) is 13.1. The fraction of sp³-hybridized carbons (Fsp3) is 0.250. The summed E-state index contributed by atoms with van der Waals surface area (Å²) in [5, 5.41) is 2.81. The minimum atomic E-state index is 0.380. The molecule has 0 atom stereocenters. The molecule has 2 N–H and O–H groups in total. The Labute approximate surface area is 128 Å². The third kappa shape index (κ3) is 3.77. The predicted molar refractivity (Wildman–Crippen MR) is 85.5 cm³/mol. The second kappa shape index (κ2) is 6.81. The molecule has 1 aromatic heterocycles. The van der Waals surface area contributed by atoms with Crippen molar-refractivity contribution in [3.05, 3.63) is 50.2 Å². The van der Waals surface area contributed by atoms with Gasteiger partial charge in [-0.2, -0.15) is 0 Å². The highest BCUT2D eigenvalue weighted by molar-refractivity contribution is 7.10. The van der Waals surface area contributed by atoms with Gasteiger partial charge >= 0.3 is 0 Å². The Hall–Kier alpha value is -1.47. The van der Waals surface area contributed by atoms with Crippen LogP contribution in [-0.2, 0) is 6.61 Å². The summed E-state index contributed by atoms with van der Waals surface area (Å²) in [6.07, 6.45) is 0. The van der Waals surface area contributed by atoms with Crippen LogP contribution in [0.15, 0.2) is 23.6 Å². The van der Waals surface area contributed by atoms with Gasteiger partial charge in [0.05, 0.1) is 6.54 Å². The van der Waals surface area contributed by atoms with Crippen LogP contribution in [0.25, 0.3) is 0 Å². The van der Waals surface area contributed by atoms with E-state index in [1.54, 1.807) is 11.3 Å². The minimum absolute atomic E-state index is 0.380. The lowest BCUT2D eigenvalue weighted by atomic mass is 10.1. The summed E-state index contributed by atoms with van der Waals surface area (Å²) in [6, 6.07) is 5.94. The van der Waals surface area contributed by atoms with Gasteiger partial charge in [0.1, 0.15) is 12.4 Å². The highest BCUT2D eigenvalue weighted by atomic mass is 35.5. The quantitative estimate of drug-likeness (QED) is 0.873. The van der Waals surface area contributed by atoms with Crippen molar-refractivity contribution in [3.8, 4) is 17.6 Å². The number of hydrogen-bond donors (Lipinski definition) is 1. The van der Waals surface area contributed by atoms with Crippen LogP contribution in [-0.4, -0.2) is 6.54 Å². The summed E-state index contributed by atoms with van der Waals surface area (Å²) in [4.78, 5) is 1.14. The summed E-state index contributed by atoms with van der Waals surface area (Å²) in [7, 11) is 0. The first kappa shape index (κ1) is 14.9. The topological polar surface area (TPSA) is 35.2 Å². The van der Waals surface area contributed by atoms with E-state index in [9.17, 15) is 0 Å². The lowest BCUT2D eigenvalue weighted by Gasteiger charge is -2.09. The highest BCUT2D eigenvalue weighted by Crippen LogP contribution is 2.26. The molecule has 0 spiro atoms. The van der Waals surface area contributed by atoms with Gasteiger partial charge in [-0.3, -0.25) is 0 Å². The second-order valence-electron chi connectivity index (χ2n) is 4.47. The maximum absolute atomic E-state index is 6.14. The molecule has 4 heteroatoms. The number of benzene rings is 1. The third-order valence-electron chi connectivity index (χ3n) is 2.78. The van der Waals surface area contributed by atoms with Crippen molar-refractivity contribution < 1.29 is 4.74 Å². The van der Waals surface area contributed by atoms with E-state index in [1.165, 1.54) is 0 Å². The number of halogens is 1. The molecule has 0 radical (unpaired) electrons. The zero-order valence-electron chi connectivity index (χ0n) is 11.5. The molecular formula is C16H16ClNOS. The molecule has 2 nitrogen and oxygen atoms in total. The van der Waals surface area contributed by atoms with Gasteiger partial charge in [-0.05, 0) is 43.2 Å². The second-order valence-corrected chi connectivity index (χ2v) is 5.84. The molecule has 0 amide bonds. The van der Waals surface area contributed by atoms with Gasteiger partial charge in [-0.1, -0.05) is 23.4 Å². The molecule has 2 aromatic rings. The van der Waals surface area contributed by atoms with Crippen molar-refractivity contribution in [1.82, 2.24) is 0 Å². The van der Waals surface area contributed by atoms with Crippen molar-refractivity contribution in [2.24, 2.45) is 5.73 Å².